The second-order valence-electron chi connectivity index (χ2n) is 2.77. The molecule has 0 aromatic heterocycles. The largest absolute Gasteiger partial charge is 0.381 e. The van der Waals surface area contributed by atoms with Gasteiger partial charge in [0.2, 0.25) is 0 Å². The quantitative estimate of drug-likeness (QED) is 0.636. The fourth-order valence-corrected chi connectivity index (χ4v) is 1.32. The average Bonchev–Trinajstić information content (AvgIpc) is 1.90. The van der Waals surface area contributed by atoms with Crippen molar-refractivity contribution in [3.63, 3.8) is 0 Å². The molecule has 0 spiro atoms. The molecule has 1 fully saturated rings. The highest BCUT2D eigenvalue weighted by atomic mass is 35.5. The Bertz CT molecular complexity index is 81.7. The molecule has 0 amide bonds. The topological polar surface area (TPSA) is 35.2 Å². The highest BCUT2D eigenvalue weighted by Crippen LogP contribution is 2.18. The minimum Gasteiger partial charge on any atom is -0.381 e. The lowest BCUT2D eigenvalue weighted by atomic mass is 9.94. The molecule has 1 rings (SSSR count). The second kappa shape index (κ2) is 4.94. The van der Waals surface area contributed by atoms with Gasteiger partial charge in [0.25, 0.3) is 0 Å². The van der Waals surface area contributed by atoms with Crippen molar-refractivity contribution in [2.24, 2.45) is 5.73 Å². The first kappa shape index (κ1) is 10.2. The number of rotatable bonds is 1. The highest BCUT2D eigenvalue weighted by Gasteiger charge is 2.16. The van der Waals surface area contributed by atoms with Crippen molar-refractivity contribution in [3.8, 4) is 0 Å². The molecule has 1 saturated carbocycles. The zero-order valence-corrected chi connectivity index (χ0v) is 7.19. The van der Waals surface area contributed by atoms with Crippen molar-refractivity contribution in [3.05, 3.63) is 0 Å². The van der Waals surface area contributed by atoms with Crippen molar-refractivity contribution < 1.29 is 4.74 Å². The molecule has 0 unspecified atom stereocenters. The lowest BCUT2D eigenvalue weighted by Crippen LogP contribution is -2.29. The van der Waals surface area contributed by atoms with E-state index in [9.17, 15) is 0 Å². The van der Waals surface area contributed by atoms with Crippen LogP contribution in [0.2, 0.25) is 0 Å². The van der Waals surface area contributed by atoms with Crippen molar-refractivity contribution in [2.75, 3.05) is 7.11 Å². The monoisotopic (exact) mass is 165 g/mol. The Morgan fingerprint density at radius 1 is 1.20 bits per heavy atom. The van der Waals surface area contributed by atoms with E-state index in [2.05, 4.69) is 0 Å². The van der Waals surface area contributed by atoms with Gasteiger partial charge in [0.1, 0.15) is 0 Å². The first-order chi connectivity index (χ1) is 4.33. The van der Waals surface area contributed by atoms with E-state index >= 15 is 0 Å². The number of halogens is 1. The van der Waals surface area contributed by atoms with E-state index in [1.807, 2.05) is 0 Å². The van der Waals surface area contributed by atoms with Gasteiger partial charge in [-0.05, 0) is 25.7 Å². The number of hydrogen-bond acceptors (Lipinski definition) is 2. The summed E-state index contributed by atoms with van der Waals surface area (Å²) < 4.78 is 5.18. The number of nitrogens with two attached hydrogens (primary N) is 1. The average molecular weight is 166 g/mol. The third-order valence-corrected chi connectivity index (χ3v) is 2.05. The maximum absolute atomic E-state index is 5.70. The maximum Gasteiger partial charge on any atom is 0.0572 e. The molecular formula is C7H16ClNO. The summed E-state index contributed by atoms with van der Waals surface area (Å²) in [6.45, 7) is 0. The van der Waals surface area contributed by atoms with Crippen LogP contribution in [0.1, 0.15) is 25.7 Å². The summed E-state index contributed by atoms with van der Waals surface area (Å²) in [5.41, 5.74) is 5.70. The predicted octanol–water partition coefficient (Wildman–Crippen LogP) is 1.32. The summed E-state index contributed by atoms with van der Waals surface area (Å²) in [6, 6.07) is 0.441. The van der Waals surface area contributed by atoms with Crippen LogP contribution in [0.15, 0.2) is 0 Å². The Labute approximate surface area is 68.5 Å². The standard InChI is InChI=1S/C7H15NO.ClH/c1-9-7-4-2-6(8)3-5-7;/h6-7H,2-5,8H2,1H3;1H/t6-,7-;. The highest BCUT2D eigenvalue weighted by molar-refractivity contribution is 5.85. The van der Waals surface area contributed by atoms with Crippen LogP contribution in [-0.2, 0) is 4.74 Å². The van der Waals surface area contributed by atoms with Crippen LogP contribution >= 0.6 is 12.4 Å². The minimum absolute atomic E-state index is 0. The van der Waals surface area contributed by atoms with Gasteiger partial charge in [-0.15, -0.1) is 12.4 Å². The lowest BCUT2D eigenvalue weighted by Gasteiger charge is -2.24. The van der Waals surface area contributed by atoms with Crippen LogP contribution in [0.5, 0.6) is 0 Å². The summed E-state index contributed by atoms with van der Waals surface area (Å²) in [7, 11) is 1.78. The predicted molar refractivity (Wildman–Crippen MR) is 44.5 cm³/mol. The second-order valence-corrected chi connectivity index (χ2v) is 2.77. The Morgan fingerprint density at radius 3 is 2.10 bits per heavy atom. The summed E-state index contributed by atoms with van der Waals surface area (Å²) in [4.78, 5) is 0. The Morgan fingerprint density at radius 2 is 1.70 bits per heavy atom. The van der Waals surface area contributed by atoms with Gasteiger partial charge in [-0.2, -0.15) is 0 Å². The zero-order chi connectivity index (χ0) is 6.69. The maximum atomic E-state index is 5.70. The zero-order valence-electron chi connectivity index (χ0n) is 6.38. The lowest BCUT2D eigenvalue weighted by molar-refractivity contribution is 0.0664. The molecule has 0 aromatic rings. The van der Waals surface area contributed by atoms with Gasteiger partial charge in [0.15, 0.2) is 0 Å². The van der Waals surface area contributed by atoms with Crippen molar-refractivity contribution in [1.29, 1.82) is 0 Å². The van der Waals surface area contributed by atoms with E-state index in [0.717, 1.165) is 25.7 Å². The van der Waals surface area contributed by atoms with E-state index in [1.54, 1.807) is 7.11 Å². The summed E-state index contributed by atoms with van der Waals surface area (Å²) >= 11 is 0. The molecule has 0 saturated heterocycles. The van der Waals surface area contributed by atoms with E-state index in [4.69, 9.17) is 10.5 Å². The summed E-state index contributed by atoms with van der Waals surface area (Å²) in [5, 5.41) is 0. The van der Waals surface area contributed by atoms with Crippen LogP contribution in [-0.4, -0.2) is 19.3 Å². The fraction of sp³-hybridized carbons (Fsp3) is 1.00. The first-order valence-electron chi connectivity index (χ1n) is 3.61. The molecule has 62 valence electrons. The molecule has 1 aliphatic rings. The molecule has 0 aliphatic heterocycles. The van der Waals surface area contributed by atoms with Crippen LogP contribution < -0.4 is 5.73 Å². The van der Waals surface area contributed by atoms with Crippen LogP contribution in [0.4, 0.5) is 0 Å². The molecule has 1 aliphatic carbocycles. The van der Waals surface area contributed by atoms with E-state index < -0.39 is 0 Å². The van der Waals surface area contributed by atoms with Crippen molar-refractivity contribution >= 4 is 12.4 Å². The number of methoxy groups -OCH3 is 1. The van der Waals surface area contributed by atoms with Crippen LogP contribution in [0.3, 0.4) is 0 Å². The molecule has 2 N–H and O–H groups in total. The van der Waals surface area contributed by atoms with Crippen LogP contribution in [0.25, 0.3) is 0 Å². The SMILES string of the molecule is CO[C@H]1CC[C@H](N)CC1.Cl. The van der Waals surface area contributed by atoms with Crippen molar-refractivity contribution in [2.45, 2.75) is 37.8 Å². The van der Waals surface area contributed by atoms with Gasteiger partial charge in [0, 0.05) is 13.2 Å². The summed E-state index contributed by atoms with van der Waals surface area (Å²) in [6.07, 6.45) is 5.07. The molecular weight excluding hydrogens is 150 g/mol. The summed E-state index contributed by atoms with van der Waals surface area (Å²) in [5.74, 6) is 0. The fourth-order valence-electron chi connectivity index (χ4n) is 1.32. The Kier molecular flexibility index (Phi) is 5.04. The smallest absolute Gasteiger partial charge is 0.0572 e. The number of ether oxygens (including phenoxy) is 1. The molecule has 0 radical (unpaired) electrons. The van der Waals surface area contributed by atoms with Gasteiger partial charge < -0.3 is 10.5 Å². The minimum atomic E-state index is 0. The van der Waals surface area contributed by atoms with Crippen molar-refractivity contribution in [1.82, 2.24) is 0 Å². The van der Waals surface area contributed by atoms with Gasteiger partial charge >= 0.3 is 0 Å². The molecule has 0 atom stereocenters. The normalized spacial score (nSPS) is 33.0. The molecule has 0 heterocycles. The molecule has 3 heteroatoms. The van der Waals surface area contributed by atoms with E-state index in [-0.39, 0.29) is 12.4 Å². The Balaban J connectivity index is 0.000000810. The molecule has 0 bridgehead atoms. The first-order valence-corrected chi connectivity index (χ1v) is 3.61. The van der Waals surface area contributed by atoms with Crippen LogP contribution in [0, 0.1) is 0 Å². The molecule has 2 nitrogen and oxygen atoms in total. The van der Waals surface area contributed by atoms with Gasteiger partial charge in [-0.1, -0.05) is 0 Å². The molecule has 0 aromatic carbocycles. The van der Waals surface area contributed by atoms with Gasteiger partial charge in [-0.3, -0.25) is 0 Å². The van der Waals surface area contributed by atoms with E-state index in [0.29, 0.717) is 12.1 Å². The molecule has 10 heavy (non-hydrogen) atoms. The third-order valence-electron chi connectivity index (χ3n) is 2.05. The number of hydrogen-bond donors (Lipinski definition) is 1. The Hall–Kier alpha value is 0.210. The van der Waals surface area contributed by atoms with Gasteiger partial charge in [-0.25, -0.2) is 0 Å². The third kappa shape index (κ3) is 2.86. The van der Waals surface area contributed by atoms with Gasteiger partial charge in [0.05, 0.1) is 6.10 Å². The van der Waals surface area contributed by atoms with E-state index in [1.165, 1.54) is 0 Å².